The standard InChI is InChI=1S/C14H14O3/c1-8-3-5-11(15)9(2)14(8)10-4-6-12(16)13(17)7-10/h3-7,15-17H,1-2H3. The minimum absolute atomic E-state index is 0.149. The highest BCUT2D eigenvalue weighted by Gasteiger charge is 2.10. The summed E-state index contributed by atoms with van der Waals surface area (Å²) in [4.78, 5) is 0. The molecule has 0 aliphatic heterocycles. The Balaban J connectivity index is 2.68. The van der Waals surface area contributed by atoms with Crippen molar-refractivity contribution in [3.05, 3.63) is 41.5 Å². The Kier molecular flexibility index (Phi) is 2.68. The van der Waals surface area contributed by atoms with Crippen LogP contribution in [0.25, 0.3) is 11.1 Å². The first kappa shape index (κ1) is 11.3. The Bertz CT molecular complexity index is 574. The van der Waals surface area contributed by atoms with Gasteiger partial charge in [-0.3, -0.25) is 0 Å². The Morgan fingerprint density at radius 3 is 2.06 bits per heavy atom. The summed E-state index contributed by atoms with van der Waals surface area (Å²) in [6, 6.07) is 8.11. The van der Waals surface area contributed by atoms with E-state index in [1.807, 2.05) is 19.9 Å². The molecule has 0 aromatic heterocycles. The average molecular weight is 230 g/mol. The first-order chi connectivity index (χ1) is 8.00. The van der Waals surface area contributed by atoms with Crippen LogP contribution in [0.15, 0.2) is 30.3 Å². The van der Waals surface area contributed by atoms with Crippen LogP contribution in [0.1, 0.15) is 11.1 Å². The van der Waals surface area contributed by atoms with Crippen LogP contribution in [-0.2, 0) is 0 Å². The lowest BCUT2D eigenvalue weighted by atomic mass is 9.95. The summed E-state index contributed by atoms with van der Waals surface area (Å²) in [7, 11) is 0. The van der Waals surface area contributed by atoms with Crippen LogP contribution in [0.2, 0.25) is 0 Å². The normalized spacial score (nSPS) is 10.5. The van der Waals surface area contributed by atoms with Crippen LogP contribution in [0.5, 0.6) is 17.2 Å². The monoisotopic (exact) mass is 230 g/mol. The van der Waals surface area contributed by atoms with Crippen molar-refractivity contribution in [2.75, 3.05) is 0 Å². The largest absolute Gasteiger partial charge is 0.508 e. The van der Waals surface area contributed by atoms with Gasteiger partial charge < -0.3 is 15.3 Å². The van der Waals surface area contributed by atoms with Crippen molar-refractivity contribution in [2.24, 2.45) is 0 Å². The van der Waals surface area contributed by atoms with Gasteiger partial charge in [-0.15, -0.1) is 0 Å². The maximum absolute atomic E-state index is 9.70. The van der Waals surface area contributed by atoms with E-state index in [2.05, 4.69) is 0 Å². The van der Waals surface area contributed by atoms with Crippen LogP contribution >= 0.6 is 0 Å². The number of phenolic OH excluding ortho intramolecular Hbond substituents is 3. The lowest BCUT2D eigenvalue weighted by molar-refractivity contribution is 0.404. The van der Waals surface area contributed by atoms with Crippen LogP contribution in [0, 0.1) is 13.8 Å². The molecule has 0 radical (unpaired) electrons. The zero-order valence-corrected chi connectivity index (χ0v) is 9.73. The van der Waals surface area contributed by atoms with Gasteiger partial charge in [0.05, 0.1) is 0 Å². The van der Waals surface area contributed by atoms with E-state index in [4.69, 9.17) is 0 Å². The lowest BCUT2D eigenvalue weighted by Gasteiger charge is -2.12. The summed E-state index contributed by atoms with van der Waals surface area (Å²) >= 11 is 0. The molecular weight excluding hydrogens is 216 g/mol. The molecule has 0 saturated heterocycles. The van der Waals surface area contributed by atoms with E-state index in [1.54, 1.807) is 12.1 Å². The molecule has 3 nitrogen and oxygen atoms in total. The molecule has 88 valence electrons. The molecule has 0 amide bonds. The van der Waals surface area contributed by atoms with Crippen molar-refractivity contribution in [1.29, 1.82) is 0 Å². The molecule has 0 unspecified atom stereocenters. The molecule has 0 bridgehead atoms. The van der Waals surface area contributed by atoms with Crippen LogP contribution in [0.4, 0.5) is 0 Å². The Hall–Kier alpha value is -2.16. The van der Waals surface area contributed by atoms with E-state index < -0.39 is 0 Å². The molecule has 17 heavy (non-hydrogen) atoms. The Morgan fingerprint density at radius 1 is 0.765 bits per heavy atom. The molecule has 0 saturated carbocycles. The summed E-state index contributed by atoms with van der Waals surface area (Å²) in [5, 5.41) is 28.5. The third-order valence-electron chi connectivity index (χ3n) is 2.91. The fourth-order valence-electron chi connectivity index (χ4n) is 1.96. The van der Waals surface area contributed by atoms with Gasteiger partial charge in [-0.25, -0.2) is 0 Å². The SMILES string of the molecule is Cc1ccc(O)c(C)c1-c1ccc(O)c(O)c1. The maximum atomic E-state index is 9.70. The molecule has 2 aromatic rings. The number of benzene rings is 2. The highest BCUT2D eigenvalue weighted by atomic mass is 16.3. The molecule has 0 spiro atoms. The van der Waals surface area contributed by atoms with Gasteiger partial charge in [0.25, 0.3) is 0 Å². The molecule has 0 aliphatic carbocycles. The predicted octanol–water partition coefficient (Wildman–Crippen LogP) is 3.09. The predicted molar refractivity (Wildman–Crippen MR) is 66.3 cm³/mol. The quantitative estimate of drug-likeness (QED) is 0.660. The third kappa shape index (κ3) is 1.91. The molecule has 2 rings (SSSR count). The zero-order chi connectivity index (χ0) is 12.6. The van der Waals surface area contributed by atoms with E-state index in [1.165, 1.54) is 12.1 Å². The average Bonchev–Trinajstić information content (AvgIpc) is 2.29. The topological polar surface area (TPSA) is 60.7 Å². The van der Waals surface area contributed by atoms with Gasteiger partial charge in [0.15, 0.2) is 11.5 Å². The fraction of sp³-hybridized carbons (Fsp3) is 0.143. The highest BCUT2D eigenvalue weighted by Crippen LogP contribution is 2.36. The van der Waals surface area contributed by atoms with Crippen molar-refractivity contribution in [1.82, 2.24) is 0 Å². The van der Waals surface area contributed by atoms with Crippen LogP contribution in [0.3, 0.4) is 0 Å². The van der Waals surface area contributed by atoms with Gasteiger partial charge in [0.2, 0.25) is 0 Å². The summed E-state index contributed by atoms with van der Waals surface area (Å²) in [5.41, 5.74) is 3.41. The van der Waals surface area contributed by atoms with Gasteiger partial charge in [-0.05, 0) is 54.3 Å². The van der Waals surface area contributed by atoms with Gasteiger partial charge in [-0.1, -0.05) is 12.1 Å². The van der Waals surface area contributed by atoms with Gasteiger partial charge in [0.1, 0.15) is 5.75 Å². The van der Waals surface area contributed by atoms with E-state index >= 15 is 0 Å². The maximum Gasteiger partial charge on any atom is 0.158 e. The molecule has 2 aromatic carbocycles. The van der Waals surface area contributed by atoms with Crippen molar-refractivity contribution in [3.63, 3.8) is 0 Å². The first-order valence-corrected chi connectivity index (χ1v) is 5.32. The zero-order valence-electron chi connectivity index (χ0n) is 9.73. The second-order valence-electron chi connectivity index (χ2n) is 4.11. The van der Waals surface area contributed by atoms with Gasteiger partial charge in [0, 0.05) is 0 Å². The summed E-state index contributed by atoms with van der Waals surface area (Å²) in [5.74, 6) is -0.0907. The summed E-state index contributed by atoms with van der Waals surface area (Å²) in [6.45, 7) is 3.76. The van der Waals surface area contributed by atoms with Crippen molar-refractivity contribution >= 4 is 0 Å². The number of hydrogen-bond donors (Lipinski definition) is 3. The number of aryl methyl sites for hydroxylation is 1. The first-order valence-electron chi connectivity index (χ1n) is 5.32. The molecule has 0 fully saturated rings. The van der Waals surface area contributed by atoms with Crippen molar-refractivity contribution < 1.29 is 15.3 Å². The molecular formula is C14H14O3. The fourth-order valence-corrected chi connectivity index (χ4v) is 1.96. The third-order valence-corrected chi connectivity index (χ3v) is 2.91. The minimum atomic E-state index is -0.162. The molecule has 3 N–H and O–H groups in total. The smallest absolute Gasteiger partial charge is 0.158 e. The second kappa shape index (κ2) is 4.01. The van der Waals surface area contributed by atoms with Crippen molar-refractivity contribution in [3.8, 4) is 28.4 Å². The van der Waals surface area contributed by atoms with E-state index in [9.17, 15) is 15.3 Å². The van der Waals surface area contributed by atoms with Crippen LogP contribution in [-0.4, -0.2) is 15.3 Å². The lowest BCUT2D eigenvalue weighted by Crippen LogP contribution is -1.88. The number of aromatic hydroxyl groups is 3. The highest BCUT2D eigenvalue weighted by molar-refractivity contribution is 5.74. The second-order valence-corrected chi connectivity index (χ2v) is 4.11. The van der Waals surface area contributed by atoms with Gasteiger partial charge in [-0.2, -0.15) is 0 Å². The minimum Gasteiger partial charge on any atom is -0.508 e. The number of rotatable bonds is 1. The van der Waals surface area contributed by atoms with E-state index in [-0.39, 0.29) is 17.2 Å². The Labute approximate surface area is 99.6 Å². The molecule has 0 aliphatic rings. The molecule has 0 atom stereocenters. The molecule has 3 heteroatoms. The molecule has 0 heterocycles. The van der Waals surface area contributed by atoms with E-state index in [0.717, 1.165) is 22.3 Å². The summed E-state index contributed by atoms with van der Waals surface area (Å²) < 4.78 is 0. The number of hydrogen-bond acceptors (Lipinski definition) is 3. The number of phenols is 3. The van der Waals surface area contributed by atoms with E-state index in [0.29, 0.717) is 0 Å². The van der Waals surface area contributed by atoms with Crippen LogP contribution < -0.4 is 0 Å². The summed E-state index contributed by atoms with van der Waals surface area (Å²) in [6.07, 6.45) is 0. The van der Waals surface area contributed by atoms with Crippen molar-refractivity contribution in [2.45, 2.75) is 13.8 Å². The Morgan fingerprint density at radius 2 is 1.41 bits per heavy atom. The van der Waals surface area contributed by atoms with Gasteiger partial charge >= 0.3 is 0 Å².